The molecule has 6 nitrogen and oxygen atoms in total. The normalized spacial score (nSPS) is 24.2. The summed E-state index contributed by atoms with van der Waals surface area (Å²) in [5, 5.41) is 14.6. The Morgan fingerprint density at radius 3 is 2.83 bits per heavy atom. The Hall–Kier alpha value is -1.79. The van der Waals surface area contributed by atoms with Gasteiger partial charge in [0.05, 0.1) is 6.10 Å². The van der Waals surface area contributed by atoms with Crippen LogP contribution < -0.4 is 5.73 Å². The third-order valence-electron chi connectivity index (χ3n) is 4.49. The van der Waals surface area contributed by atoms with Crippen molar-refractivity contribution in [3.63, 3.8) is 0 Å². The quantitative estimate of drug-likeness (QED) is 0.795. The van der Waals surface area contributed by atoms with Gasteiger partial charge in [-0.2, -0.15) is 4.68 Å². The zero-order valence-electron chi connectivity index (χ0n) is 13.6. The zero-order valence-corrected chi connectivity index (χ0v) is 13.6. The first kappa shape index (κ1) is 16.1. The van der Waals surface area contributed by atoms with Gasteiger partial charge < -0.3 is 10.8 Å². The van der Waals surface area contributed by atoms with Crippen LogP contribution in [0.15, 0.2) is 24.4 Å². The first-order valence-corrected chi connectivity index (χ1v) is 8.50. The Balaban J connectivity index is 1.89. The molecule has 3 atom stereocenters. The van der Waals surface area contributed by atoms with E-state index in [2.05, 4.69) is 17.0 Å². The molecule has 1 aliphatic rings. The molecule has 3 rings (SSSR count). The summed E-state index contributed by atoms with van der Waals surface area (Å²) in [6.07, 6.45) is 7.00. The van der Waals surface area contributed by atoms with Crippen LogP contribution in [0.1, 0.15) is 56.6 Å². The number of aryl methyl sites for hydroxylation is 1. The van der Waals surface area contributed by atoms with Crippen LogP contribution in [0.2, 0.25) is 0 Å². The van der Waals surface area contributed by atoms with Crippen LogP contribution in [0.3, 0.4) is 0 Å². The van der Waals surface area contributed by atoms with Gasteiger partial charge in [0.1, 0.15) is 5.82 Å². The third-order valence-corrected chi connectivity index (χ3v) is 4.49. The van der Waals surface area contributed by atoms with Crippen LogP contribution in [-0.2, 0) is 6.42 Å². The fourth-order valence-corrected chi connectivity index (χ4v) is 3.18. The van der Waals surface area contributed by atoms with Gasteiger partial charge in [-0.05, 0) is 31.4 Å². The van der Waals surface area contributed by atoms with Gasteiger partial charge in [-0.15, -0.1) is 5.10 Å². The lowest BCUT2D eigenvalue weighted by molar-refractivity contribution is 0.163. The maximum Gasteiger partial charge on any atom is 0.155 e. The van der Waals surface area contributed by atoms with E-state index in [4.69, 9.17) is 10.7 Å². The molecule has 3 N–H and O–H groups in total. The molecule has 1 fully saturated rings. The van der Waals surface area contributed by atoms with Crippen molar-refractivity contribution in [3.8, 4) is 5.82 Å². The molecule has 1 aliphatic carbocycles. The van der Waals surface area contributed by atoms with Gasteiger partial charge in [0.15, 0.2) is 11.6 Å². The van der Waals surface area contributed by atoms with Gasteiger partial charge in [0, 0.05) is 24.6 Å². The smallest absolute Gasteiger partial charge is 0.155 e. The second kappa shape index (κ2) is 7.19. The van der Waals surface area contributed by atoms with Crippen molar-refractivity contribution < 1.29 is 5.11 Å². The van der Waals surface area contributed by atoms with Crippen molar-refractivity contribution in [2.45, 2.75) is 63.5 Å². The number of hydrogen-bond acceptors (Lipinski definition) is 5. The molecule has 6 heteroatoms. The lowest BCUT2D eigenvalue weighted by Gasteiger charge is -2.10. The highest BCUT2D eigenvalue weighted by Crippen LogP contribution is 2.33. The van der Waals surface area contributed by atoms with E-state index in [0.717, 1.165) is 36.7 Å². The maximum absolute atomic E-state index is 9.97. The van der Waals surface area contributed by atoms with Crippen molar-refractivity contribution in [1.29, 1.82) is 0 Å². The molecule has 0 amide bonds. The number of unbranched alkanes of at least 4 members (excludes halogenated alkanes) is 2. The SMILES string of the molecule is CCCCCc1nc([C@H]2C[C@@H](N)[C@H](O)C2)n(-c2ccccn2)n1. The number of aliphatic hydroxyl groups is 1. The minimum Gasteiger partial charge on any atom is -0.391 e. The molecule has 2 aromatic heterocycles. The highest BCUT2D eigenvalue weighted by Gasteiger charge is 2.34. The monoisotopic (exact) mass is 315 g/mol. The largest absolute Gasteiger partial charge is 0.391 e. The summed E-state index contributed by atoms with van der Waals surface area (Å²) in [5.74, 6) is 2.64. The summed E-state index contributed by atoms with van der Waals surface area (Å²) in [6.45, 7) is 2.19. The predicted octanol–water partition coefficient (Wildman–Crippen LogP) is 1.96. The Kier molecular flexibility index (Phi) is 5.03. The molecule has 2 aromatic rings. The molecule has 0 spiro atoms. The van der Waals surface area contributed by atoms with Gasteiger partial charge in [0.2, 0.25) is 0 Å². The second-order valence-corrected chi connectivity index (χ2v) is 6.34. The average molecular weight is 315 g/mol. The number of hydrogen-bond donors (Lipinski definition) is 2. The van der Waals surface area contributed by atoms with Gasteiger partial charge in [-0.25, -0.2) is 9.97 Å². The molecule has 0 radical (unpaired) electrons. The number of pyridine rings is 1. The standard InChI is InChI=1S/C17H25N5O/c1-2-3-4-7-15-20-17(12-10-13(18)14(23)11-12)22(21-15)16-8-5-6-9-19-16/h5-6,8-9,12-14,23H,2-4,7,10-11,18H2,1H3/t12-,13+,14+/m0/s1. The summed E-state index contributed by atoms with van der Waals surface area (Å²) in [6, 6.07) is 5.58. The summed E-state index contributed by atoms with van der Waals surface area (Å²) < 4.78 is 1.83. The van der Waals surface area contributed by atoms with Crippen molar-refractivity contribution >= 4 is 0 Å². The summed E-state index contributed by atoms with van der Waals surface area (Å²) in [5.41, 5.74) is 5.98. The summed E-state index contributed by atoms with van der Waals surface area (Å²) >= 11 is 0. The molecule has 124 valence electrons. The number of aromatic nitrogens is 4. The first-order valence-electron chi connectivity index (χ1n) is 8.50. The Bertz CT molecular complexity index is 617. The maximum atomic E-state index is 9.97. The summed E-state index contributed by atoms with van der Waals surface area (Å²) in [7, 11) is 0. The fraction of sp³-hybridized carbons (Fsp3) is 0.588. The Morgan fingerprint density at radius 1 is 1.30 bits per heavy atom. The molecule has 0 saturated heterocycles. The number of nitrogens with zero attached hydrogens (tertiary/aromatic N) is 4. The molecular weight excluding hydrogens is 290 g/mol. The molecule has 0 unspecified atom stereocenters. The molecule has 0 aliphatic heterocycles. The van der Waals surface area contributed by atoms with E-state index in [1.165, 1.54) is 12.8 Å². The summed E-state index contributed by atoms with van der Waals surface area (Å²) in [4.78, 5) is 9.15. The second-order valence-electron chi connectivity index (χ2n) is 6.34. The molecule has 23 heavy (non-hydrogen) atoms. The molecule has 2 heterocycles. The van der Waals surface area contributed by atoms with Crippen LogP contribution in [0, 0.1) is 0 Å². The van der Waals surface area contributed by atoms with Crippen molar-refractivity contribution in [1.82, 2.24) is 19.7 Å². The highest BCUT2D eigenvalue weighted by atomic mass is 16.3. The van der Waals surface area contributed by atoms with Crippen molar-refractivity contribution in [2.75, 3.05) is 0 Å². The van der Waals surface area contributed by atoms with Gasteiger partial charge >= 0.3 is 0 Å². The van der Waals surface area contributed by atoms with E-state index >= 15 is 0 Å². The van der Waals surface area contributed by atoms with E-state index in [0.29, 0.717) is 6.42 Å². The third kappa shape index (κ3) is 3.59. The number of rotatable bonds is 6. The molecule has 0 bridgehead atoms. The van der Waals surface area contributed by atoms with E-state index in [-0.39, 0.29) is 12.0 Å². The van der Waals surface area contributed by atoms with Crippen LogP contribution in [0.4, 0.5) is 0 Å². The number of nitrogens with two attached hydrogens (primary N) is 1. The zero-order chi connectivity index (χ0) is 16.2. The molecular formula is C17H25N5O. The van der Waals surface area contributed by atoms with Gasteiger partial charge in [-0.3, -0.25) is 0 Å². The van der Waals surface area contributed by atoms with Crippen molar-refractivity contribution in [2.24, 2.45) is 5.73 Å². The average Bonchev–Trinajstić information content (AvgIpc) is 3.13. The van der Waals surface area contributed by atoms with Crippen LogP contribution in [-0.4, -0.2) is 37.0 Å². The lowest BCUT2D eigenvalue weighted by atomic mass is 10.1. The Labute approximate surface area is 136 Å². The topological polar surface area (TPSA) is 89.8 Å². The minimum atomic E-state index is -0.461. The lowest BCUT2D eigenvalue weighted by Crippen LogP contribution is -2.28. The Morgan fingerprint density at radius 2 is 2.17 bits per heavy atom. The van der Waals surface area contributed by atoms with Gasteiger partial charge in [-0.1, -0.05) is 25.8 Å². The predicted molar refractivity (Wildman–Crippen MR) is 88.3 cm³/mol. The number of aliphatic hydroxyl groups excluding tert-OH is 1. The van der Waals surface area contributed by atoms with E-state index in [1.54, 1.807) is 6.20 Å². The molecule has 1 saturated carbocycles. The van der Waals surface area contributed by atoms with Crippen LogP contribution in [0.25, 0.3) is 5.82 Å². The molecule has 0 aromatic carbocycles. The van der Waals surface area contributed by atoms with Crippen molar-refractivity contribution in [3.05, 3.63) is 36.0 Å². The van der Waals surface area contributed by atoms with Crippen LogP contribution in [0.5, 0.6) is 0 Å². The minimum absolute atomic E-state index is 0.134. The van der Waals surface area contributed by atoms with Crippen LogP contribution >= 0.6 is 0 Å². The first-order chi connectivity index (χ1) is 11.2. The fourth-order valence-electron chi connectivity index (χ4n) is 3.18. The van der Waals surface area contributed by atoms with Gasteiger partial charge in [0.25, 0.3) is 0 Å². The van der Waals surface area contributed by atoms with E-state index in [1.807, 2.05) is 22.9 Å². The van der Waals surface area contributed by atoms with E-state index in [9.17, 15) is 5.11 Å². The highest BCUT2D eigenvalue weighted by molar-refractivity contribution is 5.24. The van der Waals surface area contributed by atoms with E-state index < -0.39 is 6.10 Å².